The standard InChI is InChI=1S/C18H29FN2/c1-6-7-20-15(5)16-9-17(19)12(2)8-18(16)21-10-13(3)14(4)11-21/h8-9,13-15,20H,6-7,10-11H2,1-5H3. The monoisotopic (exact) mass is 292 g/mol. The van der Waals surface area contributed by atoms with Gasteiger partial charge in [0.2, 0.25) is 0 Å². The summed E-state index contributed by atoms with van der Waals surface area (Å²) in [6, 6.07) is 3.94. The third-order valence-electron chi connectivity index (χ3n) is 4.80. The highest BCUT2D eigenvalue weighted by Gasteiger charge is 2.28. The van der Waals surface area contributed by atoms with Gasteiger partial charge in [0.1, 0.15) is 5.82 Å². The normalized spacial score (nSPS) is 23.6. The molecular formula is C18H29FN2. The molecule has 1 aliphatic heterocycles. The molecule has 1 N–H and O–H groups in total. The molecule has 0 spiro atoms. The van der Waals surface area contributed by atoms with Crippen molar-refractivity contribution in [2.45, 2.75) is 47.1 Å². The minimum absolute atomic E-state index is 0.0980. The molecule has 1 fully saturated rings. The van der Waals surface area contributed by atoms with Crippen LogP contribution in [0.5, 0.6) is 0 Å². The second-order valence-corrected chi connectivity index (χ2v) is 6.70. The number of aryl methyl sites for hydroxylation is 1. The molecule has 2 nitrogen and oxygen atoms in total. The number of halogens is 1. The lowest BCUT2D eigenvalue weighted by Gasteiger charge is -2.26. The van der Waals surface area contributed by atoms with E-state index in [2.05, 4.69) is 37.9 Å². The van der Waals surface area contributed by atoms with Gasteiger partial charge >= 0.3 is 0 Å². The number of hydrogen-bond donors (Lipinski definition) is 1. The molecule has 2 rings (SSSR count). The van der Waals surface area contributed by atoms with Crippen LogP contribution >= 0.6 is 0 Å². The van der Waals surface area contributed by atoms with Crippen LogP contribution in [0, 0.1) is 24.6 Å². The molecule has 1 aromatic carbocycles. The minimum atomic E-state index is -0.0980. The molecule has 1 saturated heterocycles. The Morgan fingerprint density at radius 1 is 1.29 bits per heavy atom. The zero-order chi connectivity index (χ0) is 15.6. The Balaban J connectivity index is 2.32. The van der Waals surface area contributed by atoms with Crippen molar-refractivity contribution in [1.29, 1.82) is 0 Å². The van der Waals surface area contributed by atoms with Crippen LogP contribution < -0.4 is 10.2 Å². The summed E-state index contributed by atoms with van der Waals surface area (Å²) in [5.74, 6) is 1.29. The Bertz CT molecular complexity index is 476. The number of hydrogen-bond acceptors (Lipinski definition) is 2. The van der Waals surface area contributed by atoms with Crippen LogP contribution in [0.25, 0.3) is 0 Å². The summed E-state index contributed by atoms with van der Waals surface area (Å²) < 4.78 is 14.0. The van der Waals surface area contributed by atoms with Gasteiger partial charge in [-0.05, 0) is 61.9 Å². The zero-order valence-corrected chi connectivity index (χ0v) is 14.0. The fraction of sp³-hybridized carbons (Fsp3) is 0.667. The molecule has 3 unspecified atom stereocenters. The van der Waals surface area contributed by atoms with Crippen molar-refractivity contribution in [3.05, 3.63) is 29.1 Å². The third-order valence-corrected chi connectivity index (χ3v) is 4.80. The first-order valence-corrected chi connectivity index (χ1v) is 8.22. The lowest BCUT2D eigenvalue weighted by molar-refractivity contribution is 0.494. The van der Waals surface area contributed by atoms with E-state index in [1.165, 1.54) is 5.69 Å². The minimum Gasteiger partial charge on any atom is -0.371 e. The first-order chi connectivity index (χ1) is 9.93. The number of benzene rings is 1. The number of rotatable bonds is 5. The van der Waals surface area contributed by atoms with Gasteiger partial charge in [0.05, 0.1) is 0 Å². The Kier molecular flexibility index (Phi) is 5.26. The van der Waals surface area contributed by atoms with Crippen molar-refractivity contribution in [3.8, 4) is 0 Å². The van der Waals surface area contributed by atoms with E-state index in [1.807, 2.05) is 13.0 Å². The van der Waals surface area contributed by atoms with Crippen LogP contribution in [-0.4, -0.2) is 19.6 Å². The Morgan fingerprint density at radius 2 is 1.90 bits per heavy atom. The molecular weight excluding hydrogens is 263 g/mol. The highest BCUT2D eigenvalue weighted by molar-refractivity contribution is 5.58. The second kappa shape index (κ2) is 6.78. The van der Waals surface area contributed by atoms with Gasteiger partial charge in [-0.15, -0.1) is 0 Å². The van der Waals surface area contributed by atoms with Crippen molar-refractivity contribution in [2.75, 3.05) is 24.5 Å². The predicted octanol–water partition coefficient (Wildman–Crippen LogP) is 4.29. The van der Waals surface area contributed by atoms with Crippen LogP contribution in [0.4, 0.5) is 10.1 Å². The summed E-state index contributed by atoms with van der Waals surface area (Å²) in [5, 5.41) is 3.49. The van der Waals surface area contributed by atoms with Gasteiger partial charge in [0.15, 0.2) is 0 Å². The van der Waals surface area contributed by atoms with Crippen molar-refractivity contribution in [3.63, 3.8) is 0 Å². The van der Waals surface area contributed by atoms with Gasteiger partial charge in [-0.25, -0.2) is 4.39 Å². The van der Waals surface area contributed by atoms with E-state index < -0.39 is 0 Å². The maximum atomic E-state index is 14.0. The quantitative estimate of drug-likeness (QED) is 0.871. The molecule has 0 radical (unpaired) electrons. The van der Waals surface area contributed by atoms with Gasteiger partial charge in [-0.2, -0.15) is 0 Å². The summed E-state index contributed by atoms with van der Waals surface area (Å²) >= 11 is 0. The molecule has 0 aliphatic carbocycles. The smallest absolute Gasteiger partial charge is 0.126 e. The molecule has 118 valence electrons. The van der Waals surface area contributed by atoms with E-state index in [0.717, 1.165) is 37.2 Å². The Hall–Kier alpha value is -1.09. The van der Waals surface area contributed by atoms with Gasteiger partial charge in [0.25, 0.3) is 0 Å². The third kappa shape index (κ3) is 3.57. The summed E-state index contributed by atoms with van der Waals surface area (Å²) in [5.41, 5.74) is 3.04. The highest BCUT2D eigenvalue weighted by atomic mass is 19.1. The second-order valence-electron chi connectivity index (χ2n) is 6.70. The Morgan fingerprint density at radius 3 is 2.48 bits per heavy atom. The van der Waals surface area contributed by atoms with Crippen LogP contribution in [-0.2, 0) is 0 Å². The average molecular weight is 292 g/mol. The summed E-state index contributed by atoms with van der Waals surface area (Å²) in [7, 11) is 0. The molecule has 3 heteroatoms. The van der Waals surface area contributed by atoms with Gasteiger partial charge in [0, 0.05) is 24.8 Å². The van der Waals surface area contributed by atoms with Crippen molar-refractivity contribution in [1.82, 2.24) is 5.32 Å². The molecule has 3 atom stereocenters. The number of nitrogens with one attached hydrogen (secondary N) is 1. The topological polar surface area (TPSA) is 15.3 Å². The predicted molar refractivity (Wildman–Crippen MR) is 88.4 cm³/mol. The molecule has 0 saturated carbocycles. The lowest BCUT2D eigenvalue weighted by Crippen LogP contribution is -2.26. The molecule has 0 aromatic heterocycles. The van der Waals surface area contributed by atoms with Crippen LogP contribution in [0.2, 0.25) is 0 Å². The highest BCUT2D eigenvalue weighted by Crippen LogP contribution is 2.34. The summed E-state index contributed by atoms with van der Waals surface area (Å²) in [6.07, 6.45) is 1.09. The molecule has 1 aliphatic rings. The largest absolute Gasteiger partial charge is 0.371 e. The SMILES string of the molecule is CCCNC(C)c1cc(F)c(C)cc1N1CC(C)C(C)C1. The number of anilines is 1. The molecule has 21 heavy (non-hydrogen) atoms. The van der Waals surface area contributed by atoms with E-state index in [4.69, 9.17) is 0 Å². The van der Waals surface area contributed by atoms with Crippen molar-refractivity contribution < 1.29 is 4.39 Å². The number of nitrogens with zero attached hydrogens (tertiary/aromatic N) is 1. The first-order valence-electron chi connectivity index (χ1n) is 8.22. The summed E-state index contributed by atoms with van der Waals surface area (Å²) in [4.78, 5) is 2.43. The molecule has 1 aromatic rings. The maximum Gasteiger partial charge on any atom is 0.126 e. The van der Waals surface area contributed by atoms with Gasteiger partial charge in [-0.1, -0.05) is 20.8 Å². The summed E-state index contributed by atoms with van der Waals surface area (Å²) in [6.45, 7) is 13.9. The molecule has 1 heterocycles. The van der Waals surface area contributed by atoms with Gasteiger partial charge < -0.3 is 10.2 Å². The molecule has 0 bridgehead atoms. The van der Waals surface area contributed by atoms with Gasteiger partial charge in [-0.3, -0.25) is 0 Å². The maximum absolute atomic E-state index is 14.0. The van der Waals surface area contributed by atoms with E-state index in [-0.39, 0.29) is 11.9 Å². The fourth-order valence-corrected chi connectivity index (χ4v) is 3.10. The Labute approximate surface area is 128 Å². The van der Waals surface area contributed by atoms with E-state index in [1.54, 1.807) is 6.07 Å². The van der Waals surface area contributed by atoms with E-state index >= 15 is 0 Å². The van der Waals surface area contributed by atoms with Crippen LogP contribution in [0.15, 0.2) is 12.1 Å². The van der Waals surface area contributed by atoms with E-state index in [9.17, 15) is 4.39 Å². The first kappa shape index (κ1) is 16.3. The zero-order valence-electron chi connectivity index (χ0n) is 14.0. The lowest BCUT2D eigenvalue weighted by atomic mass is 10.0. The van der Waals surface area contributed by atoms with E-state index in [0.29, 0.717) is 11.8 Å². The molecule has 0 amide bonds. The fourth-order valence-electron chi connectivity index (χ4n) is 3.10. The van der Waals surface area contributed by atoms with Crippen molar-refractivity contribution in [2.24, 2.45) is 11.8 Å². The van der Waals surface area contributed by atoms with Crippen LogP contribution in [0.1, 0.15) is 51.3 Å². The van der Waals surface area contributed by atoms with Crippen molar-refractivity contribution >= 4 is 5.69 Å². The van der Waals surface area contributed by atoms with Crippen LogP contribution in [0.3, 0.4) is 0 Å². The average Bonchev–Trinajstić information content (AvgIpc) is 2.78.